The third-order valence-corrected chi connectivity index (χ3v) is 5.51. The standard InChI is InChI=1S/C21H15BrCl3NO3/c22-15-3-6-20(29-11-13-1-4-16(23)9-18(13)25)14(7-15)10-26-19-8-12(21(27)28)2-5-17(19)24/h1-9,26H,10-11H2,(H,27,28). The first kappa shape index (κ1) is 21.8. The zero-order valence-electron chi connectivity index (χ0n) is 14.9. The van der Waals surface area contributed by atoms with E-state index < -0.39 is 5.97 Å². The second kappa shape index (κ2) is 9.72. The Bertz CT molecular complexity index is 1060. The van der Waals surface area contributed by atoms with E-state index in [9.17, 15) is 4.79 Å². The quantitative estimate of drug-likeness (QED) is 0.347. The molecule has 0 unspecified atom stereocenters. The summed E-state index contributed by atoms with van der Waals surface area (Å²) < 4.78 is 6.85. The Morgan fingerprint density at radius 3 is 2.48 bits per heavy atom. The highest BCUT2D eigenvalue weighted by Crippen LogP contribution is 2.29. The van der Waals surface area contributed by atoms with Crippen LogP contribution in [0, 0.1) is 0 Å². The fourth-order valence-electron chi connectivity index (χ4n) is 2.61. The van der Waals surface area contributed by atoms with Crippen LogP contribution in [0.5, 0.6) is 5.75 Å². The van der Waals surface area contributed by atoms with E-state index >= 15 is 0 Å². The van der Waals surface area contributed by atoms with E-state index in [2.05, 4.69) is 21.2 Å². The molecular formula is C21H15BrCl3NO3. The van der Waals surface area contributed by atoms with Gasteiger partial charge in [-0.3, -0.25) is 0 Å². The molecule has 4 nitrogen and oxygen atoms in total. The van der Waals surface area contributed by atoms with Gasteiger partial charge in [0.2, 0.25) is 0 Å². The molecule has 3 aromatic carbocycles. The van der Waals surface area contributed by atoms with E-state index in [1.165, 1.54) is 12.1 Å². The Balaban J connectivity index is 1.77. The number of halogens is 4. The lowest BCUT2D eigenvalue weighted by Gasteiger charge is -2.15. The molecule has 0 aromatic heterocycles. The van der Waals surface area contributed by atoms with Gasteiger partial charge in [-0.15, -0.1) is 0 Å². The van der Waals surface area contributed by atoms with E-state index in [-0.39, 0.29) is 12.2 Å². The first-order valence-electron chi connectivity index (χ1n) is 8.45. The third-order valence-electron chi connectivity index (χ3n) is 4.10. The minimum absolute atomic E-state index is 0.153. The largest absolute Gasteiger partial charge is 0.488 e. The number of carboxylic acids is 1. The summed E-state index contributed by atoms with van der Waals surface area (Å²) in [6, 6.07) is 15.4. The molecular weight excluding hydrogens is 500 g/mol. The summed E-state index contributed by atoms with van der Waals surface area (Å²) in [7, 11) is 0. The van der Waals surface area contributed by atoms with Crippen molar-refractivity contribution in [2.45, 2.75) is 13.2 Å². The van der Waals surface area contributed by atoms with Gasteiger partial charge in [-0.2, -0.15) is 0 Å². The first-order chi connectivity index (χ1) is 13.8. The average molecular weight is 516 g/mol. The van der Waals surface area contributed by atoms with Gasteiger partial charge in [0.05, 0.1) is 16.3 Å². The summed E-state index contributed by atoms with van der Waals surface area (Å²) in [4.78, 5) is 11.2. The van der Waals surface area contributed by atoms with E-state index in [1.807, 2.05) is 24.3 Å². The molecule has 0 bridgehead atoms. The number of ether oxygens (including phenoxy) is 1. The van der Waals surface area contributed by atoms with E-state index in [1.54, 1.807) is 18.2 Å². The molecule has 3 rings (SSSR count). The molecule has 150 valence electrons. The molecule has 0 radical (unpaired) electrons. The SMILES string of the molecule is O=C(O)c1ccc(Cl)c(NCc2cc(Br)ccc2OCc2ccc(Cl)cc2Cl)c1. The van der Waals surface area contributed by atoms with Gasteiger partial charge in [0, 0.05) is 32.2 Å². The van der Waals surface area contributed by atoms with Crippen molar-refractivity contribution in [3.63, 3.8) is 0 Å². The number of benzene rings is 3. The second-order valence-electron chi connectivity index (χ2n) is 6.13. The Morgan fingerprint density at radius 2 is 1.76 bits per heavy atom. The summed E-state index contributed by atoms with van der Waals surface area (Å²) in [6.07, 6.45) is 0. The normalized spacial score (nSPS) is 10.6. The number of carbonyl (C=O) groups is 1. The number of nitrogens with one attached hydrogen (secondary N) is 1. The van der Waals surface area contributed by atoms with Crippen LogP contribution < -0.4 is 10.1 Å². The fourth-order valence-corrected chi connectivity index (χ4v) is 3.66. The van der Waals surface area contributed by atoms with Crippen LogP contribution in [-0.4, -0.2) is 11.1 Å². The van der Waals surface area contributed by atoms with E-state index in [0.29, 0.717) is 33.0 Å². The van der Waals surface area contributed by atoms with Crippen LogP contribution in [0.25, 0.3) is 0 Å². The van der Waals surface area contributed by atoms with Crippen molar-refractivity contribution < 1.29 is 14.6 Å². The average Bonchev–Trinajstić information content (AvgIpc) is 2.67. The minimum Gasteiger partial charge on any atom is -0.488 e. The summed E-state index contributed by atoms with van der Waals surface area (Å²) in [5, 5.41) is 13.9. The molecule has 0 aliphatic heterocycles. The molecule has 29 heavy (non-hydrogen) atoms. The second-order valence-corrected chi connectivity index (χ2v) is 8.30. The lowest BCUT2D eigenvalue weighted by atomic mass is 10.1. The molecule has 8 heteroatoms. The molecule has 0 saturated carbocycles. The Morgan fingerprint density at radius 1 is 0.966 bits per heavy atom. The Hall–Kier alpha value is -1.92. The predicted octanol–water partition coefficient (Wildman–Crippen LogP) is 7.30. The monoisotopic (exact) mass is 513 g/mol. The maximum atomic E-state index is 11.2. The van der Waals surface area contributed by atoms with E-state index in [0.717, 1.165) is 15.6 Å². The van der Waals surface area contributed by atoms with Crippen molar-refractivity contribution in [2.75, 3.05) is 5.32 Å². The number of hydrogen-bond acceptors (Lipinski definition) is 3. The molecule has 0 saturated heterocycles. The maximum Gasteiger partial charge on any atom is 0.335 e. The van der Waals surface area contributed by atoms with Crippen LogP contribution >= 0.6 is 50.7 Å². The molecule has 0 aliphatic rings. The lowest BCUT2D eigenvalue weighted by Crippen LogP contribution is -2.05. The molecule has 0 atom stereocenters. The number of hydrogen-bond donors (Lipinski definition) is 2. The zero-order valence-corrected chi connectivity index (χ0v) is 18.7. The highest BCUT2D eigenvalue weighted by Gasteiger charge is 2.10. The lowest BCUT2D eigenvalue weighted by molar-refractivity contribution is 0.0697. The topological polar surface area (TPSA) is 58.6 Å². The Labute approximate surface area is 191 Å². The van der Waals surface area contributed by atoms with Crippen molar-refractivity contribution in [3.8, 4) is 5.75 Å². The van der Waals surface area contributed by atoms with Crippen molar-refractivity contribution >= 4 is 62.4 Å². The first-order valence-corrected chi connectivity index (χ1v) is 10.4. The van der Waals surface area contributed by atoms with Crippen molar-refractivity contribution in [2.24, 2.45) is 0 Å². The molecule has 0 amide bonds. The van der Waals surface area contributed by atoms with Crippen LogP contribution in [0.3, 0.4) is 0 Å². The van der Waals surface area contributed by atoms with Gasteiger partial charge in [-0.05, 0) is 48.5 Å². The maximum absolute atomic E-state index is 11.2. The smallest absolute Gasteiger partial charge is 0.335 e. The van der Waals surface area contributed by atoms with Gasteiger partial charge in [-0.1, -0.05) is 56.8 Å². The van der Waals surface area contributed by atoms with Gasteiger partial charge in [0.1, 0.15) is 12.4 Å². The van der Waals surface area contributed by atoms with Crippen LogP contribution in [-0.2, 0) is 13.2 Å². The number of anilines is 1. The number of aromatic carboxylic acids is 1. The molecule has 0 spiro atoms. The van der Waals surface area contributed by atoms with Gasteiger partial charge in [0.15, 0.2) is 0 Å². The third kappa shape index (κ3) is 5.80. The summed E-state index contributed by atoms with van der Waals surface area (Å²) in [5.41, 5.74) is 2.36. The van der Waals surface area contributed by atoms with Crippen LogP contribution in [0.1, 0.15) is 21.5 Å². The summed E-state index contributed by atoms with van der Waals surface area (Å²) in [6.45, 7) is 0.659. The van der Waals surface area contributed by atoms with Gasteiger partial charge in [-0.25, -0.2) is 4.79 Å². The van der Waals surface area contributed by atoms with Gasteiger partial charge >= 0.3 is 5.97 Å². The van der Waals surface area contributed by atoms with Crippen LogP contribution in [0.15, 0.2) is 59.1 Å². The number of carboxylic acid groups (broad SMARTS) is 1. The minimum atomic E-state index is -1.02. The molecule has 0 aliphatic carbocycles. The van der Waals surface area contributed by atoms with Crippen LogP contribution in [0.2, 0.25) is 15.1 Å². The van der Waals surface area contributed by atoms with E-state index in [4.69, 9.17) is 44.6 Å². The van der Waals surface area contributed by atoms with Crippen molar-refractivity contribution in [3.05, 3.63) is 90.8 Å². The molecule has 0 heterocycles. The van der Waals surface area contributed by atoms with Crippen molar-refractivity contribution in [1.29, 1.82) is 0 Å². The fraction of sp³-hybridized carbons (Fsp3) is 0.0952. The predicted molar refractivity (Wildman–Crippen MR) is 121 cm³/mol. The van der Waals surface area contributed by atoms with Crippen molar-refractivity contribution in [1.82, 2.24) is 0 Å². The highest BCUT2D eigenvalue weighted by atomic mass is 79.9. The summed E-state index contributed by atoms with van der Waals surface area (Å²) in [5.74, 6) is -0.353. The number of rotatable bonds is 7. The molecule has 2 N–H and O–H groups in total. The molecule has 3 aromatic rings. The van der Waals surface area contributed by atoms with Gasteiger partial charge < -0.3 is 15.2 Å². The zero-order chi connectivity index (χ0) is 21.0. The van der Waals surface area contributed by atoms with Gasteiger partial charge in [0.25, 0.3) is 0 Å². The molecule has 0 fully saturated rings. The summed E-state index contributed by atoms with van der Waals surface area (Å²) >= 11 is 21.8. The Kier molecular flexibility index (Phi) is 7.30. The van der Waals surface area contributed by atoms with Crippen LogP contribution in [0.4, 0.5) is 5.69 Å². The highest BCUT2D eigenvalue weighted by molar-refractivity contribution is 9.10.